The van der Waals surface area contributed by atoms with Crippen molar-refractivity contribution in [2.24, 2.45) is 0 Å². The van der Waals surface area contributed by atoms with Crippen LogP contribution in [-0.2, 0) is 0 Å². The summed E-state index contributed by atoms with van der Waals surface area (Å²) in [5.74, 6) is 0. The minimum atomic E-state index is 0.758. The first-order chi connectivity index (χ1) is 32.2. The van der Waals surface area contributed by atoms with E-state index in [0.717, 1.165) is 99.3 Å². The Bertz CT molecular complexity index is 3910. The molecule has 12 rings (SSSR count). The van der Waals surface area contributed by atoms with Crippen LogP contribution in [0.3, 0.4) is 0 Å². The predicted molar refractivity (Wildman–Crippen MR) is 279 cm³/mol. The zero-order chi connectivity index (χ0) is 44.8. The number of furan rings is 2. The molecule has 12 aromatic rings. The van der Waals surface area contributed by atoms with Crippen LogP contribution < -0.4 is 9.80 Å². The van der Waals surface area contributed by atoms with Crippen molar-refractivity contribution in [3.05, 3.63) is 215 Å². The first-order valence-electron chi connectivity index (χ1n) is 22.8. The van der Waals surface area contributed by atoms with E-state index in [9.17, 15) is 0 Å². The van der Waals surface area contributed by atoms with E-state index >= 15 is 0 Å². The number of anilines is 6. The third-order valence-electron chi connectivity index (χ3n) is 13.6. The van der Waals surface area contributed by atoms with Crippen molar-refractivity contribution in [3.63, 3.8) is 0 Å². The Morgan fingerprint density at radius 3 is 1.38 bits per heavy atom. The van der Waals surface area contributed by atoms with Crippen LogP contribution in [0.2, 0.25) is 0 Å². The van der Waals surface area contributed by atoms with E-state index in [4.69, 9.17) is 8.83 Å². The molecule has 0 bridgehead atoms. The summed E-state index contributed by atoms with van der Waals surface area (Å²) >= 11 is 0. The highest BCUT2D eigenvalue weighted by Gasteiger charge is 2.24. The van der Waals surface area contributed by atoms with Crippen molar-refractivity contribution in [1.29, 1.82) is 0 Å². The molecular weight excluding hydrogens is 805 g/mol. The van der Waals surface area contributed by atoms with Gasteiger partial charge in [-0.25, -0.2) is 0 Å². The molecule has 0 saturated heterocycles. The van der Waals surface area contributed by atoms with Crippen LogP contribution in [0.1, 0.15) is 33.4 Å². The Labute approximate surface area is 384 Å². The lowest BCUT2D eigenvalue weighted by Gasteiger charge is -2.29. The van der Waals surface area contributed by atoms with Crippen LogP contribution >= 0.6 is 0 Å². The van der Waals surface area contributed by atoms with E-state index in [1.54, 1.807) is 0 Å². The minimum Gasteiger partial charge on any atom is -0.452 e. The van der Waals surface area contributed by atoms with E-state index in [0.29, 0.717) is 0 Å². The first-order valence-corrected chi connectivity index (χ1v) is 22.8. The largest absolute Gasteiger partial charge is 0.452 e. The number of fused-ring (bicyclic) bond motifs is 9. The SMILES string of the molecule is Cc1ccc(C)c(N(c2ccc3cc4c(cc3c2)oc2c4cc(-c3ccccc3)c3c4cc5ccc(N(c6ccccc6C)c6cc(C)ccc6C)cc5cc4oc23)c2ccccc2C)c1. The molecule has 66 heavy (non-hydrogen) atoms. The highest BCUT2D eigenvalue weighted by Crippen LogP contribution is 2.48. The summed E-state index contributed by atoms with van der Waals surface area (Å²) in [5, 5.41) is 8.72. The number of para-hydroxylation sites is 2. The summed E-state index contributed by atoms with van der Waals surface area (Å²) in [6, 6.07) is 66.2. The molecule has 0 saturated carbocycles. The Hall–Kier alpha value is -8.08. The lowest BCUT2D eigenvalue weighted by molar-refractivity contribution is 0.634. The Morgan fingerprint density at radius 1 is 0.333 bits per heavy atom. The third-order valence-corrected chi connectivity index (χ3v) is 13.6. The van der Waals surface area contributed by atoms with Crippen LogP contribution in [0.15, 0.2) is 191 Å². The maximum absolute atomic E-state index is 7.05. The van der Waals surface area contributed by atoms with E-state index in [-0.39, 0.29) is 0 Å². The van der Waals surface area contributed by atoms with Gasteiger partial charge in [0, 0.05) is 55.7 Å². The molecule has 0 amide bonds. The predicted octanol–water partition coefficient (Wildman–Crippen LogP) is 18.2. The van der Waals surface area contributed by atoms with Gasteiger partial charge in [0.2, 0.25) is 0 Å². The number of rotatable bonds is 7. The molecule has 0 aliphatic heterocycles. The zero-order valence-electron chi connectivity index (χ0n) is 38.0. The standard InChI is InChI=1S/C62H48N2O2/c1-37-20-22-41(5)56(28-37)63(54-18-12-10-14-39(54)3)48-26-24-44-32-51-52-36-50(43-16-8-7-9-17-43)60-53-33-45-25-27-49(64(55-19-13-11-15-40(55)4)57-29-38(2)21-23-42(57)6)31-47(45)35-59(53)66-62(60)61(52)65-58(51)34-46(44)30-48/h7-36H,1-6H3. The average Bonchev–Trinajstić information content (AvgIpc) is 3.88. The molecule has 0 unspecified atom stereocenters. The third kappa shape index (κ3) is 6.43. The summed E-state index contributed by atoms with van der Waals surface area (Å²) < 4.78 is 14.0. The van der Waals surface area contributed by atoms with Gasteiger partial charge in [-0.1, -0.05) is 103 Å². The quantitative estimate of drug-likeness (QED) is 0.160. The highest BCUT2D eigenvalue weighted by molar-refractivity contribution is 6.26. The van der Waals surface area contributed by atoms with Crippen molar-refractivity contribution in [1.82, 2.24) is 0 Å². The van der Waals surface area contributed by atoms with Gasteiger partial charge in [-0.2, -0.15) is 0 Å². The normalized spacial score (nSPS) is 11.8. The van der Waals surface area contributed by atoms with Gasteiger partial charge in [-0.05, 0) is 186 Å². The van der Waals surface area contributed by atoms with Crippen LogP contribution in [0.5, 0.6) is 0 Å². The molecule has 0 spiro atoms. The van der Waals surface area contributed by atoms with E-state index in [1.807, 2.05) is 0 Å². The van der Waals surface area contributed by atoms with Gasteiger partial charge in [-0.15, -0.1) is 0 Å². The van der Waals surface area contributed by atoms with E-state index < -0.39 is 0 Å². The molecular formula is C62H48N2O2. The van der Waals surface area contributed by atoms with Gasteiger partial charge in [0.1, 0.15) is 11.2 Å². The van der Waals surface area contributed by atoms with E-state index in [2.05, 4.69) is 233 Å². The Morgan fingerprint density at radius 2 is 0.818 bits per heavy atom. The molecule has 4 heteroatoms. The molecule has 0 radical (unpaired) electrons. The Balaban J connectivity index is 1.06. The number of aryl methyl sites for hydroxylation is 6. The monoisotopic (exact) mass is 852 g/mol. The van der Waals surface area contributed by atoms with Crippen molar-refractivity contribution >= 4 is 99.5 Å². The fourth-order valence-electron chi connectivity index (χ4n) is 10.1. The maximum atomic E-state index is 7.05. The summed E-state index contributed by atoms with van der Waals surface area (Å²) in [7, 11) is 0. The molecule has 0 atom stereocenters. The van der Waals surface area contributed by atoms with Crippen molar-refractivity contribution in [3.8, 4) is 11.1 Å². The fourth-order valence-corrected chi connectivity index (χ4v) is 10.1. The first kappa shape index (κ1) is 39.5. The smallest absolute Gasteiger partial charge is 0.179 e. The molecule has 2 aromatic heterocycles. The molecule has 0 fully saturated rings. The van der Waals surface area contributed by atoms with Gasteiger partial charge in [0.25, 0.3) is 0 Å². The number of hydrogen-bond donors (Lipinski definition) is 0. The van der Waals surface area contributed by atoms with Crippen molar-refractivity contribution in [2.45, 2.75) is 41.5 Å². The van der Waals surface area contributed by atoms with Gasteiger partial charge in [0.05, 0.1) is 0 Å². The summed E-state index contributed by atoms with van der Waals surface area (Å²) in [6.45, 7) is 13.1. The van der Waals surface area contributed by atoms with Crippen LogP contribution in [0, 0.1) is 41.5 Å². The zero-order valence-corrected chi connectivity index (χ0v) is 38.0. The molecule has 2 heterocycles. The molecule has 318 valence electrons. The highest BCUT2D eigenvalue weighted by atomic mass is 16.4. The van der Waals surface area contributed by atoms with Gasteiger partial charge in [-0.3, -0.25) is 0 Å². The number of benzene rings is 10. The second-order valence-corrected chi connectivity index (χ2v) is 18.2. The lowest BCUT2D eigenvalue weighted by Crippen LogP contribution is -2.12. The molecule has 0 aliphatic carbocycles. The molecule has 0 aliphatic rings. The topological polar surface area (TPSA) is 32.8 Å². The maximum Gasteiger partial charge on any atom is 0.179 e. The second-order valence-electron chi connectivity index (χ2n) is 18.2. The molecule has 4 nitrogen and oxygen atoms in total. The summed E-state index contributed by atoms with van der Waals surface area (Å²) in [6.07, 6.45) is 0. The summed E-state index contributed by atoms with van der Waals surface area (Å²) in [4.78, 5) is 4.78. The van der Waals surface area contributed by atoms with Gasteiger partial charge >= 0.3 is 0 Å². The lowest BCUT2D eigenvalue weighted by atomic mass is 9.95. The van der Waals surface area contributed by atoms with E-state index in [1.165, 1.54) is 44.8 Å². The van der Waals surface area contributed by atoms with Crippen LogP contribution in [0.4, 0.5) is 34.1 Å². The minimum absolute atomic E-state index is 0.758. The summed E-state index contributed by atoms with van der Waals surface area (Å²) in [5.41, 5.74) is 19.6. The Kier molecular flexibility index (Phi) is 9.15. The van der Waals surface area contributed by atoms with Crippen molar-refractivity contribution in [2.75, 3.05) is 9.80 Å². The molecule has 10 aromatic carbocycles. The van der Waals surface area contributed by atoms with Crippen molar-refractivity contribution < 1.29 is 8.83 Å². The second kappa shape index (κ2) is 15.3. The van der Waals surface area contributed by atoms with Gasteiger partial charge < -0.3 is 18.6 Å². The fraction of sp³-hybridized carbons (Fsp3) is 0.0968. The molecule has 0 N–H and O–H groups in total. The van der Waals surface area contributed by atoms with Crippen LogP contribution in [0.25, 0.3) is 76.5 Å². The van der Waals surface area contributed by atoms with Gasteiger partial charge in [0.15, 0.2) is 11.2 Å². The number of nitrogens with zero attached hydrogens (tertiary/aromatic N) is 2. The van der Waals surface area contributed by atoms with Crippen LogP contribution in [-0.4, -0.2) is 0 Å². The average molecular weight is 853 g/mol. The number of hydrogen-bond acceptors (Lipinski definition) is 4.